The van der Waals surface area contributed by atoms with Gasteiger partial charge in [0.1, 0.15) is 29.9 Å². The van der Waals surface area contributed by atoms with Gasteiger partial charge in [0.2, 0.25) is 0 Å². The smallest absolute Gasteiger partial charge is 0.405 e. The number of benzene rings is 1. The monoisotopic (exact) mass is 368 g/mol. The summed E-state index contributed by atoms with van der Waals surface area (Å²) >= 11 is 0. The van der Waals surface area contributed by atoms with Gasteiger partial charge in [0, 0.05) is 11.8 Å². The minimum Gasteiger partial charge on any atom is -0.488 e. The van der Waals surface area contributed by atoms with Gasteiger partial charge in [-0.15, -0.1) is 0 Å². The van der Waals surface area contributed by atoms with Gasteiger partial charge in [0.05, 0.1) is 11.3 Å². The average Bonchev–Trinajstić information content (AvgIpc) is 2.58. The van der Waals surface area contributed by atoms with Crippen molar-refractivity contribution in [3.8, 4) is 23.1 Å². The number of rotatable bonds is 7. The van der Waals surface area contributed by atoms with Crippen molar-refractivity contribution < 1.29 is 14.3 Å². The normalized spacial score (nSPS) is 12.9. The van der Waals surface area contributed by atoms with Crippen LogP contribution in [0, 0.1) is 24.2 Å². The highest BCUT2D eigenvalue weighted by Crippen LogP contribution is 2.28. The number of amides is 1. The van der Waals surface area contributed by atoms with Gasteiger partial charge in [0.25, 0.3) is 0 Å². The third-order valence-corrected chi connectivity index (χ3v) is 3.89. The summed E-state index contributed by atoms with van der Waals surface area (Å²) in [6, 6.07) is 9.17. The Labute approximate surface area is 159 Å². The lowest BCUT2D eigenvalue weighted by Gasteiger charge is -2.30. The number of nitriles is 1. The zero-order valence-corrected chi connectivity index (χ0v) is 16.0. The molecule has 0 aliphatic rings. The molecule has 0 aliphatic heterocycles. The summed E-state index contributed by atoms with van der Waals surface area (Å²) in [7, 11) is 0. The summed E-state index contributed by atoms with van der Waals surface area (Å²) in [4.78, 5) is 19.7. The van der Waals surface area contributed by atoms with E-state index in [1.54, 1.807) is 38.2 Å². The first-order valence-corrected chi connectivity index (χ1v) is 8.68. The summed E-state index contributed by atoms with van der Waals surface area (Å²) in [6.07, 6.45) is 1.40. The summed E-state index contributed by atoms with van der Waals surface area (Å²) in [5.74, 6) is 1.34. The topological polar surface area (TPSA) is 111 Å². The Kier molecular flexibility index (Phi) is 6.35. The third-order valence-electron chi connectivity index (χ3n) is 3.89. The van der Waals surface area contributed by atoms with Crippen LogP contribution in [0.5, 0.6) is 5.75 Å². The van der Waals surface area contributed by atoms with Gasteiger partial charge >= 0.3 is 6.09 Å². The van der Waals surface area contributed by atoms with Gasteiger partial charge in [-0.1, -0.05) is 13.8 Å². The average molecular weight is 368 g/mol. The van der Waals surface area contributed by atoms with Gasteiger partial charge in [-0.2, -0.15) is 5.26 Å². The molecule has 2 rings (SSSR count). The van der Waals surface area contributed by atoms with Crippen molar-refractivity contribution in [1.29, 1.82) is 5.26 Å². The van der Waals surface area contributed by atoms with Crippen LogP contribution in [0.3, 0.4) is 0 Å². The highest BCUT2D eigenvalue weighted by atomic mass is 16.6. The molecule has 2 N–H and O–H groups in total. The highest BCUT2D eigenvalue weighted by Gasteiger charge is 2.30. The molecule has 2 aromatic rings. The lowest BCUT2D eigenvalue weighted by atomic mass is 9.95. The van der Waals surface area contributed by atoms with Crippen LogP contribution in [0.1, 0.15) is 38.6 Å². The Morgan fingerprint density at radius 1 is 1.37 bits per heavy atom. The number of hydrogen-bond acceptors (Lipinski definition) is 6. The first-order valence-electron chi connectivity index (χ1n) is 8.68. The number of hydrogen-bond donors (Lipinski definition) is 1. The molecule has 1 amide bonds. The number of primary amides is 1. The lowest BCUT2D eigenvalue weighted by Crippen LogP contribution is -2.41. The van der Waals surface area contributed by atoms with Gasteiger partial charge < -0.3 is 15.2 Å². The molecule has 1 heterocycles. The molecule has 0 bridgehead atoms. The number of nitrogens with two attached hydrogens (primary N) is 1. The van der Waals surface area contributed by atoms with E-state index in [1.165, 1.54) is 0 Å². The van der Waals surface area contributed by atoms with Gasteiger partial charge in [-0.25, -0.2) is 14.8 Å². The number of nitrogens with zero attached hydrogens (tertiary/aromatic N) is 3. The van der Waals surface area contributed by atoms with E-state index in [1.807, 2.05) is 19.9 Å². The van der Waals surface area contributed by atoms with Crippen molar-refractivity contribution in [1.82, 2.24) is 9.97 Å². The fourth-order valence-corrected chi connectivity index (χ4v) is 2.99. The Morgan fingerprint density at radius 3 is 2.70 bits per heavy atom. The molecule has 27 heavy (non-hydrogen) atoms. The number of carbonyl (C=O) groups excluding carboxylic acids is 1. The first kappa shape index (κ1) is 20.2. The molecule has 0 fully saturated rings. The van der Waals surface area contributed by atoms with Crippen LogP contribution in [0.15, 0.2) is 30.5 Å². The molecule has 0 saturated heterocycles. The largest absolute Gasteiger partial charge is 0.488 e. The fraction of sp³-hybridized carbons (Fsp3) is 0.400. The lowest BCUT2D eigenvalue weighted by molar-refractivity contribution is -0.0186. The maximum absolute atomic E-state index is 11.2. The minimum atomic E-state index is -0.880. The molecule has 1 atom stereocenters. The van der Waals surface area contributed by atoms with Crippen LogP contribution in [0.25, 0.3) is 11.3 Å². The predicted molar refractivity (Wildman–Crippen MR) is 101 cm³/mol. The van der Waals surface area contributed by atoms with Gasteiger partial charge in [-0.05, 0) is 50.5 Å². The Morgan fingerprint density at radius 2 is 2.11 bits per heavy atom. The third kappa shape index (κ3) is 5.68. The molecule has 0 radical (unpaired) electrons. The molecule has 0 spiro atoms. The van der Waals surface area contributed by atoms with Crippen molar-refractivity contribution in [2.45, 2.75) is 39.7 Å². The Hall–Kier alpha value is -3.14. The molecule has 7 heteroatoms. The maximum Gasteiger partial charge on any atom is 0.405 e. The van der Waals surface area contributed by atoms with Gasteiger partial charge in [0.15, 0.2) is 0 Å². The molecule has 7 nitrogen and oxygen atoms in total. The zero-order valence-electron chi connectivity index (χ0n) is 16.0. The second-order valence-corrected chi connectivity index (χ2v) is 7.07. The number of carbonyl (C=O) groups is 1. The van der Waals surface area contributed by atoms with E-state index in [-0.39, 0.29) is 12.5 Å². The van der Waals surface area contributed by atoms with Crippen molar-refractivity contribution in [2.75, 3.05) is 6.61 Å². The number of aromatic nitrogens is 2. The first-order chi connectivity index (χ1) is 12.7. The van der Waals surface area contributed by atoms with Gasteiger partial charge in [-0.3, -0.25) is 0 Å². The van der Waals surface area contributed by atoms with Crippen LogP contribution in [0.4, 0.5) is 4.79 Å². The van der Waals surface area contributed by atoms with Crippen LogP contribution in [-0.4, -0.2) is 28.3 Å². The van der Waals surface area contributed by atoms with Crippen LogP contribution in [-0.2, 0) is 4.74 Å². The summed E-state index contributed by atoms with van der Waals surface area (Å²) < 4.78 is 11.1. The highest BCUT2D eigenvalue weighted by molar-refractivity contribution is 5.65. The minimum absolute atomic E-state index is 0.0920. The van der Waals surface area contributed by atoms with E-state index in [4.69, 9.17) is 15.2 Å². The Balaban J connectivity index is 2.23. The Bertz CT molecular complexity index is 861. The predicted octanol–water partition coefficient (Wildman–Crippen LogP) is 3.60. The van der Waals surface area contributed by atoms with E-state index >= 15 is 0 Å². The van der Waals surface area contributed by atoms with Crippen LogP contribution in [0.2, 0.25) is 0 Å². The van der Waals surface area contributed by atoms with E-state index in [9.17, 15) is 10.1 Å². The second kappa shape index (κ2) is 8.49. The molecule has 0 saturated carbocycles. The van der Waals surface area contributed by atoms with Crippen molar-refractivity contribution in [3.05, 3.63) is 41.9 Å². The van der Waals surface area contributed by atoms with Crippen molar-refractivity contribution in [3.63, 3.8) is 0 Å². The van der Waals surface area contributed by atoms with Crippen molar-refractivity contribution in [2.24, 2.45) is 11.7 Å². The van der Waals surface area contributed by atoms with E-state index in [0.29, 0.717) is 23.6 Å². The molecule has 142 valence electrons. The second-order valence-electron chi connectivity index (χ2n) is 7.07. The fourth-order valence-electron chi connectivity index (χ4n) is 2.99. The number of ether oxygens (including phenoxy) is 2. The van der Waals surface area contributed by atoms with E-state index in [2.05, 4.69) is 16.0 Å². The van der Waals surface area contributed by atoms with E-state index in [0.717, 1.165) is 11.3 Å². The molecule has 1 unspecified atom stereocenters. The molecule has 1 aromatic heterocycles. The quantitative estimate of drug-likeness (QED) is 0.799. The molecular formula is C20H24N4O3. The zero-order chi connectivity index (χ0) is 20.0. The molecular weight excluding hydrogens is 344 g/mol. The van der Waals surface area contributed by atoms with Crippen LogP contribution >= 0.6 is 0 Å². The standard InChI is InChI=1S/C20H24N4O3/c1-13(2)10-20(4,27-19(22)25)12-26-18-6-5-15(9-16(18)11-21)17-7-8-23-14(3)24-17/h5-9,13H,10,12H2,1-4H3,(H2,22,25). The SMILES string of the molecule is Cc1nccc(-c2ccc(OCC(C)(CC(C)C)OC(N)=O)c(C#N)c2)n1. The van der Waals surface area contributed by atoms with Crippen LogP contribution < -0.4 is 10.5 Å². The summed E-state index contributed by atoms with van der Waals surface area (Å²) in [6.45, 7) is 7.70. The maximum atomic E-state index is 11.2. The molecule has 0 aliphatic carbocycles. The molecule has 1 aromatic carbocycles. The summed E-state index contributed by atoms with van der Waals surface area (Å²) in [5.41, 5.74) is 6.21. The van der Waals surface area contributed by atoms with E-state index < -0.39 is 11.7 Å². The van der Waals surface area contributed by atoms with Crippen molar-refractivity contribution >= 4 is 6.09 Å². The number of aryl methyl sites for hydroxylation is 1. The summed E-state index contributed by atoms with van der Waals surface area (Å²) in [5, 5.41) is 9.50.